The van der Waals surface area contributed by atoms with Crippen LogP contribution in [0.3, 0.4) is 0 Å². The molecule has 3 aromatic rings. The predicted octanol–water partition coefficient (Wildman–Crippen LogP) is 3.92. The van der Waals surface area contributed by atoms with Crippen LogP contribution in [-0.2, 0) is 13.0 Å². The molecule has 2 amide bonds. The van der Waals surface area contributed by atoms with Crippen molar-refractivity contribution in [3.63, 3.8) is 0 Å². The molecule has 1 aliphatic heterocycles. The number of ether oxygens (including phenoxy) is 1. The molecule has 1 saturated heterocycles. The van der Waals surface area contributed by atoms with E-state index in [4.69, 9.17) is 4.74 Å². The van der Waals surface area contributed by atoms with Crippen molar-refractivity contribution in [3.8, 4) is 5.75 Å². The number of aromatic nitrogens is 2. The normalized spacial score (nSPS) is 14.9. The van der Waals surface area contributed by atoms with E-state index in [0.29, 0.717) is 11.6 Å². The van der Waals surface area contributed by atoms with E-state index in [9.17, 15) is 4.79 Å². The number of piperidine rings is 1. The summed E-state index contributed by atoms with van der Waals surface area (Å²) in [5, 5.41) is 15.6. The van der Waals surface area contributed by atoms with Crippen LogP contribution in [0, 0.1) is 0 Å². The fourth-order valence-corrected chi connectivity index (χ4v) is 4.50. The molecule has 1 aliphatic rings. The molecule has 0 radical (unpaired) electrons. The summed E-state index contributed by atoms with van der Waals surface area (Å²) in [7, 11) is 1.65. The summed E-state index contributed by atoms with van der Waals surface area (Å²) in [5.74, 6) is 0.814. The molecule has 2 aromatic carbocycles. The third kappa shape index (κ3) is 6.26. The van der Waals surface area contributed by atoms with Crippen LogP contribution in [0.25, 0.3) is 0 Å². The van der Waals surface area contributed by atoms with Gasteiger partial charge >= 0.3 is 6.03 Å². The van der Waals surface area contributed by atoms with E-state index in [0.717, 1.165) is 48.8 Å². The Labute approximate surface area is 186 Å². The minimum Gasteiger partial charge on any atom is -0.497 e. The number of urea groups is 1. The third-order valence-corrected chi connectivity index (χ3v) is 6.19. The highest BCUT2D eigenvalue weighted by atomic mass is 32.1. The van der Waals surface area contributed by atoms with Crippen molar-refractivity contribution in [2.45, 2.75) is 31.8 Å². The molecule has 1 fully saturated rings. The number of hydrogen-bond donors (Lipinski definition) is 2. The van der Waals surface area contributed by atoms with Gasteiger partial charge in [0.05, 0.1) is 7.11 Å². The Kier molecular flexibility index (Phi) is 7.11. The van der Waals surface area contributed by atoms with Crippen molar-refractivity contribution in [2.75, 3.05) is 25.5 Å². The molecule has 0 aliphatic carbocycles. The number of benzene rings is 2. The molecular weight excluding hydrogens is 410 g/mol. The maximum Gasteiger partial charge on any atom is 0.321 e. The Morgan fingerprint density at radius 2 is 1.87 bits per heavy atom. The SMILES string of the molecule is COc1cccc(Cc2nnc(NC(=O)NC3CCN(Cc4ccccc4)CC3)s2)c1. The van der Waals surface area contributed by atoms with E-state index in [1.807, 2.05) is 30.3 Å². The topological polar surface area (TPSA) is 79.4 Å². The van der Waals surface area contributed by atoms with Crippen molar-refractivity contribution in [1.29, 1.82) is 0 Å². The van der Waals surface area contributed by atoms with Gasteiger partial charge in [-0.25, -0.2) is 4.79 Å². The monoisotopic (exact) mass is 437 g/mol. The first-order chi connectivity index (χ1) is 15.2. The van der Waals surface area contributed by atoms with E-state index >= 15 is 0 Å². The van der Waals surface area contributed by atoms with Gasteiger partial charge in [0.1, 0.15) is 10.8 Å². The van der Waals surface area contributed by atoms with Crippen molar-refractivity contribution in [1.82, 2.24) is 20.4 Å². The van der Waals surface area contributed by atoms with Crippen LogP contribution in [0.1, 0.15) is 29.0 Å². The van der Waals surface area contributed by atoms with Gasteiger partial charge in [-0.15, -0.1) is 10.2 Å². The fraction of sp³-hybridized carbons (Fsp3) is 0.348. The van der Waals surface area contributed by atoms with E-state index in [1.165, 1.54) is 16.9 Å². The second-order valence-electron chi connectivity index (χ2n) is 7.66. The molecule has 2 N–H and O–H groups in total. The molecule has 0 atom stereocenters. The van der Waals surface area contributed by atoms with Crippen LogP contribution >= 0.6 is 11.3 Å². The highest BCUT2D eigenvalue weighted by Gasteiger charge is 2.21. The Balaban J connectivity index is 1.21. The first-order valence-corrected chi connectivity index (χ1v) is 11.3. The van der Waals surface area contributed by atoms with Crippen LogP contribution in [0.4, 0.5) is 9.93 Å². The zero-order valence-corrected chi connectivity index (χ0v) is 18.4. The van der Waals surface area contributed by atoms with E-state index in [2.05, 4.69) is 50.0 Å². The Morgan fingerprint density at radius 3 is 2.65 bits per heavy atom. The second-order valence-corrected chi connectivity index (χ2v) is 8.73. The lowest BCUT2D eigenvalue weighted by molar-refractivity contribution is 0.190. The lowest BCUT2D eigenvalue weighted by atomic mass is 10.0. The summed E-state index contributed by atoms with van der Waals surface area (Å²) in [5.41, 5.74) is 2.42. The van der Waals surface area contributed by atoms with Gasteiger partial charge in [-0.05, 0) is 36.1 Å². The summed E-state index contributed by atoms with van der Waals surface area (Å²) in [6.45, 7) is 2.91. The zero-order chi connectivity index (χ0) is 21.5. The largest absolute Gasteiger partial charge is 0.497 e. The smallest absolute Gasteiger partial charge is 0.321 e. The molecule has 0 saturated carbocycles. The average Bonchev–Trinajstić information content (AvgIpc) is 3.22. The summed E-state index contributed by atoms with van der Waals surface area (Å²) < 4.78 is 5.26. The second kappa shape index (κ2) is 10.4. The van der Waals surface area contributed by atoms with Crippen molar-refractivity contribution in [2.24, 2.45) is 0 Å². The molecule has 2 heterocycles. The van der Waals surface area contributed by atoms with Crippen molar-refractivity contribution < 1.29 is 9.53 Å². The number of carbonyl (C=O) groups is 1. The maximum atomic E-state index is 12.4. The van der Waals surface area contributed by atoms with Gasteiger partial charge in [-0.3, -0.25) is 10.2 Å². The van der Waals surface area contributed by atoms with Gasteiger partial charge in [0.25, 0.3) is 0 Å². The van der Waals surface area contributed by atoms with Crippen molar-refractivity contribution >= 4 is 22.5 Å². The molecule has 1 aromatic heterocycles. The number of nitrogens with zero attached hydrogens (tertiary/aromatic N) is 3. The number of nitrogens with one attached hydrogen (secondary N) is 2. The summed E-state index contributed by atoms with van der Waals surface area (Å²) in [4.78, 5) is 14.8. The number of hydrogen-bond acceptors (Lipinski definition) is 6. The average molecular weight is 438 g/mol. The Morgan fingerprint density at radius 1 is 1.10 bits per heavy atom. The highest BCUT2D eigenvalue weighted by Crippen LogP contribution is 2.21. The van der Waals surface area contributed by atoms with Gasteiger partial charge in [-0.2, -0.15) is 0 Å². The van der Waals surface area contributed by atoms with E-state index < -0.39 is 0 Å². The minimum atomic E-state index is -0.217. The Hall–Kier alpha value is -2.97. The molecule has 4 rings (SSSR count). The van der Waals surface area contributed by atoms with Gasteiger partial charge in [0.15, 0.2) is 0 Å². The van der Waals surface area contributed by atoms with Gasteiger partial charge in [0.2, 0.25) is 5.13 Å². The number of anilines is 1. The third-order valence-electron chi connectivity index (χ3n) is 5.35. The predicted molar refractivity (Wildman–Crippen MR) is 123 cm³/mol. The first-order valence-electron chi connectivity index (χ1n) is 10.5. The molecular formula is C23H27N5O2S. The maximum absolute atomic E-state index is 12.4. The molecule has 0 spiro atoms. The number of carbonyl (C=O) groups excluding carboxylic acids is 1. The minimum absolute atomic E-state index is 0.177. The summed E-state index contributed by atoms with van der Waals surface area (Å²) in [6, 6.07) is 18.3. The van der Waals surface area contributed by atoms with Gasteiger partial charge in [0, 0.05) is 32.1 Å². The number of methoxy groups -OCH3 is 1. The van der Waals surface area contributed by atoms with Crippen molar-refractivity contribution in [3.05, 3.63) is 70.7 Å². The number of likely N-dealkylation sites (tertiary alicyclic amines) is 1. The standard InChI is InChI=1S/C23H27N5O2S/c1-30-20-9-5-8-18(14-20)15-21-26-27-23(31-21)25-22(29)24-19-10-12-28(13-11-19)16-17-6-3-2-4-7-17/h2-9,14,19H,10-13,15-16H2,1H3,(H2,24,25,27,29). The molecule has 7 nitrogen and oxygen atoms in total. The summed E-state index contributed by atoms with van der Waals surface area (Å²) >= 11 is 1.39. The highest BCUT2D eigenvalue weighted by molar-refractivity contribution is 7.15. The van der Waals surface area contributed by atoms with Crippen LogP contribution in [0.15, 0.2) is 54.6 Å². The molecule has 0 bridgehead atoms. The van der Waals surface area contributed by atoms with Crippen LogP contribution in [0.2, 0.25) is 0 Å². The first kappa shape index (κ1) is 21.3. The molecule has 8 heteroatoms. The van der Waals surface area contributed by atoms with Gasteiger partial charge < -0.3 is 10.1 Å². The van der Waals surface area contributed by atoms with E-state index in [-0.39, 0.29) is 12.1 Å². The van der Waals surface area contributed by atoms with Crippen LogP contribution in [0.5, 0.6) is 5.75 Å². The lowest BCUT2D eigenvalue weighted by Gasteiger charge is -2.32. The molecule has 162 valence electrons. The zero-order valence-electron chi connectivity index (χ0n) is 17.6. The molecule has 31 heavy (non-hydrogen) atoms. The van der Waals surface area contributed by atoms with E-state index in [1.54, 1.807) is 7.11 Å². The quantitative estimate of drug-likeness (QED) is 0.586. The van der Waals surface area contributed by atoms with Crippen LogP contribution in [-0.4, -0.2) is 47.4 Å². The fourth-order valence-electron chi connectivity index (χ4n) is 3.73. The summed E-state index contributed by atoms with van der Waals surface area (Å²) in [6.07, 6.45) is 2.53. The Bertz CT molecular complexity index is 986. The number of amides is 2. The van der Waals surface area contributed by atoms with Crippen LogP contribution < -0.4 is 15.4 Å². The van der Waals surface area contributed by atoms with Gasteiger partial charge in [-0.1, -0.05) is 53.8 Å². The molecule has 0 unspecified atom stereocenters. The number of rotatable bonds is 7. The lowest BCUT2D eigenvalue weighted by Crippen LogP contribution is -2.45.